The van der Waals surface area contributed by atoms with E-state index in [1.807, 2.05) is 0 Å². The summed E-state index contributed by atoms with van der Waals surface area (Å²) in [7, 11) is -3.66. The standard InChI is InChI=1S/C20H29N3O5S/c1-3-22(4-2)29(27,28)18-7-5-6-14(10-18)20(26)21-13-19(25)23-15-8-9-16(23)12-17(24)11-15/h5-7,10,15-17,24H,3-4,8-9,11-13H2,1-2H3,(H,21,26). The van der Waals surface area contributed by atoms with Gasteiger partial charge in [0.25, 0.3) is 5.91 Å². The molecule has 2 fully saturated rings. The molecule has 2 N–H and O–H groups in total. The Morgan fingerprint density at radius 3 is 2.38 bits per heavy atom. The van der Waals surface area contributed by atoms with Gasteiger partial charge in [-0.25, -0.2) is 8.42 Å². The van der Waals surface area contributed by atoms with Crippen molar-refractivity contribution in [2.24, 2.45) is 0 Å². The van der Waals surface area contributed by atoms with Crippen LogP contribution in [0, 0.1) is 0 Å². The number of amides is 2. The summed E-state index contributed by atoms with van der Waals surface area (Å²) < 4.78 is 26.6. The van der Waals surface area contributed by atoms with E-state index in [0.717, 1.165) is 12.8 Å². The van der Waals surface area contributed by atoms with Crippen LogP contribution in [0.2, 0.25) is 0 Å². The number of aliphatic hydroxyl groups excluding tert-OH is 1. The maximum absolute atomic E-state index is 12.7. The molecule has 9 heteroatoms. The summed E-state index contributed by atoms with van der Waals surface area (Å²) in [5.41, 5.74) is 0.197. The van der Waals surface area contributed by atoms with Gasteiger partial charge in [-0.15, -0.1) is 0 Å². The predicted octanol–water partition coefficient (Wildman–Crippen LogP) is 0.961. The zero-order valence-corrected chi connectivity index (χ0v) is 17.7. The third kappa shape index (κ3) is 4.46. The number of aliphatic hydroxyl groups is 1. The van der Waals surface area contributed by atoms with Crippen molar-refractivity contribution in [1.82, 2.24) is 14.5 Å². The molecular weight excluding hydrogens is 394 g/mol. The molecule has 0 saturated carbocycles. The second-order valence-electron chi connectivity index (χ2n) is 7.61. The average molecular weight is 424 g/mol. The average Bonchev–Trinajstić information content (AvgIpc) is 2.98. The second kappa shape index (κ2) is 8.81. The van der Waals surface area contributed by atoms with Crippen LogP contribution in [0.1, 0.15) is 49.9 Å². The van der Waals surface area contributed by atoms with Crippen LogP contribution in [0.15, 0.2) is 29.2 Å². The van der Waals surface area contributed by atoms with E-state index in [9.17, 15) is 23.1 Å². The van der Waals surface area contributed by atoms with Gasteiger partial charge in [0.05, 0.1) is 17.5 Å². The number of rotatable bonds is 7. The number of hydrogen-bond donors (Lipinski definition) is 2. The van der Waals surface area contributed by atoms with Gasteiger partial charge in [0.1, 0.15) is 0 Å². The van der Waals surface area contributed by atoms with E-state index in [1.165, 1.54) is 28.6 Å². The minimum Gasteiger partial charge on any atom is -0.393 e. The van der Waals surface area contributed by atoms with Gasteiger partial charge >= 0.3 is 0 Å². The SMILES string of the molecule is CCN(CC)S(=O)(=O)c1cccc(C(=O)NCC(=O)N2C3CCC2CC(O)C3)c1. The molecule has 8 nitrogen and oxygen atoms in total. The Morgan fingerprint density at radius 1 is 1.17 bits per heavy atom. The summed E-state index contributed by atoms with van der Waals surface area (Å²) in [6.07, 6.45) is 2.57. The van der Waals surface area contributed by atoms with Gasteiger partial charge in [0.2, 0.25) is 15.9 Å². The zero-order chi connectivity index (χ0) is 21.2. The van der Waals surface area contributed by atoms with E-state index in [4.69, 9.17) is 0 Å². The molecule has 0 spiro atoms. The molecule has 1 aromatic carbocycles. The molecule has 2 bridgehead atoms. The fourth-order valence-corrected chi connectivity index (χ4v) is 5.92. The van der Waals surface area contributed by atoms with Crippen LogP contribution in [-0.2, 0) is 14.8 Å². The lowest BCUT2D eigenvalue weighted by atomic mass is 10.00. The van der Waals surface area contributed by atoms with Gasteiger partial charge in [-0.1, -0.05) is 19.9 Å². The zero-order valence-electron chi connectivity index (χ0n) is 16.9. The molecule has 0 aliphatic carbocycles. The molecule has 1 aromatic rings. The fourth-order valence-electron chi connectivity index (χ4n) is 4.42. The van der Waals surface area contributed by atoms with Crippen LogP contribution in [0.5, 0.6) is 0 Å². The molecule has 2 aliphatic heterocycles. The molecule has 0 radical (unpaired) electrons. The Hall–Kier alpha value is -1.97. The van der Waals surface area contributed by atoms with Crippen molar-refractivity contribution in [3.63, 3.8) is 0 Å². The topological polar surface area (TPSA) is 107 Å². The summed E-state index contributed by atoms with van der Waals surface area (Å²) >= 11 is 0. The lowest BCUT2D eigenvalue weighted by Gasteiger charge is -2.37. The molecule has 3 rings (SSSR count). The van der Waals surface area contributed by atoms with Gasteiger partial charge in [-0.3, -0.25) is 9.59 Å². The number of benzene rings is 1. The Balaban J connectivity index is 1.65. The van der Waals surface area contributed by atoms with Crippen LogP contribution in [0.4, 0.5) is 0 Å². The first-order chi connectivity index (χ1) is 13.8. The van der Waals surface area contributed by atoms with Crippen molar-refractivity contribution in [1.29, 1.82) is 0 Å². The first-order valence-electron chi connectivity index (χ1n) is 10.2. The molecule has 2 saturated heterocycles. The normalized spacial score (nSPS) is 24.0. The molecule has 2 aliphatic rings. The van der Waals surface area contributed by atoms with Crippen LogP contribution < -0.4 is 5.32 Å². The first-order valence-corrected chi connectivity index (χ1v) is 11.6. The number of nitrogens with one attached hydrogen (secondary N) is 1. The van der Waals surface area contributed by atoms with Crippen molar-refractivity contribution >= 4 is 21.8 Å². The van der Waals surface area contributed by atoms with Gasteiger partial charge in [-0.05, 0) is 43.9 Å². The van der Waals surface area contributed by atoms with Gasteiger partial charge in [-0.2, -0.15) is 4.31 Å². The summed E-state index contributed by atoms with van der Waals surface area (Å²) in [5.74, 6) is -0.649. The van der Waals surface area contributed by atoms with Crippen molar-refractivity contribution in [2.45, 2.75) is 62.6 Å². The van der Waals surface area contributed by atoms with E-state index in [-0.39, 0.29) is 41.1 Å². The Bertz CT molecular complexity index is 855. The molecule has 2 amide bonds. The highest BCUT2D eigenvalue weighted by molar-refractivity contribution is 7.89. The Morgan fingerprint density at radius 2 is 1.79 bits per heavy atom. The quantitative estimate of drug-likeness (QED) is 0.679. The molecular formula is C20H29N3O5S. The third-order valence-electron chi connectivity index (χ3n) is 5.84. The Labute approximate surface area is 171 Å². The lowest BCUT2D eigenvalue weighted by Crippen LogP contribution is -2.51. The highest BCUT2D eigenvalue weighted by Crippen LogP contribution is 2.35. The van der Waals surface area contributed by atoms with E-state index in [2.05, 4.69) is 5.32 Å². The van der Waals surface area contributed by atoms with Crippen molar-refractivity contribution < 1.29 is 23.1 Å². The van der Waals surface area contributed by atoms with Crippen molar-refractivity contribution in [3.05, 3.63) is 29.8 Å². The molecule has 29 heavy (non-hydrogen) atoms. The molecule has 0 aromatic heterocycles. The number of sulfonamides is 1. The van der Waals surface area contributed by atoms with E-state index >= 15 is 0 Å². The van der Waals surface area contributed by atoms with Gasteiger partial charge in [0, 0.05) is 30.7 Å². The van der Waals surface area contributed by atoms with E-state index in [0.29, 0.717) is 25.9 Å². The highest BCUT2D eigenvalue weighted by Gasteiger charge is 2.42. The van der Waals surface area contributed by atoms with Gasteiger partial charge < -0.3 is 15.3 Å². The number of carbonyl (C=O) groups excluding carboxylic acids is 2. The molecule has 2 atom stereocenters. The van der Waals surface area contributed by atoms with Crippen LogP contribution >= 0.6 is 0 Å². The van der Waals surface area contributed by atoms with Crippen molar-refractivity contribution in [2.75, 3.05) is 19.6 Å². The second-order valence-corrected chi connectivity index (χ2v) is 9.55. The van der Waals surface area contributed by atoms with E-state index in [1.54, 1.807) is 18.7 Å². The highest BCUT2D eigenvalue weighted by atomic mass is 32.2. The molecule has 2 unspecified atom stereocenters. The number of hydrogen-bond acceptors (Lipinski definition) is 5. The first kappa shape index (κ1) is 21.7. The smallest absolute Gasteiger partial charge is 0.251 e. The fraction of sp³-hybridized carbons (Fsp3) is 0.600. The summed E-state index contributed by atoms with van der Waals surface area (Å²) in [6, 6.07) is 5.94. The van der Waals surface area contributed by atoms with Gasteiger partial charge in [0.15, 0.2) is 0 Å². The monoisotopic (exact) mass is 423 g/mol. The summed E-state index contributed by atoms with van der Waals surface area (Å²) in [6.45, 7) is 4.06. The number of piperidine rings is 1. The Kier molecular flexibility index (Phi) is 6.60. The minimum absolute atomic E-state index is 0.0377. The number of nitrogens with zero attached hydrogens (tertiary/aromatic N) is 2. The largest absolute Gasteiger partial charge is 0.393 e. The maximum Gasteiger partial charge on any atom is 0.251 e. The van der Waals surface area contributed by atoms with Crippen LogP contribution in [0.25, 0.3) is 0 Å². The summed E-state index contributed by atoms with van der Waals surface area (Å²) in [5, 5.41) is 12.5. The van der Waals surface area contributed by atoms with Crippen LogP contribution in [0.3, 0.4) is 0 Å². The minimum atomic E-state index is -3.66. The van der Waals surface area contributed by atoms with E-state index < -0.39 is 15.9 Å². The molecule has 160 valence electrons. The maximum atomic E-state index is 12.7. The predicted molar refractivity (Wildman–Crippen MR) is 108 cm³/mol. The lowest BCUT2D eigenvalue weighted by molar-refractivity contribution is -0.136. The van der Waals surface area contributed by atoms with Crippen LogP contribution in [-0.4, -0.2) is 72.4 Å². The third-order valence-corrected chi connectivity index (χ3v) is 7.88. The number of fused-ring (bicyclic) bond motifs is 2. The van der Waals surface area contributed by atoms with Crippen molar-refractivity contribution in [3.8, 4) is 0 Å². The molecule has 2 heterocycles. The number of carbonyl (C=O) groups is 2. The summed E-state index contributed by atoms with van der Waals surface area (Å²) in [4.78, 5) is 27.0.